The van der Waals surface area contributed by atoms with Crippen molar-refractivity contribution in [2.45, 2.75) is 6.54 Å². The maximum Gasteiger partial charge on any atom is 0.299 e. The summed E-state index contributed by atoms with van der Waals surface area (Å²) < 4.78 is 0.402. The maximum absolute atomic E-state index is 12.0. The number of carbonyl (C=O) groups is 2. The first-order chi connectivity index (χ1) is 9.06. The lowest BCUT2D eigenvalue weighted by Crippen LogP contribution is -2.28. The summed E-state index contributed by atoms with van der Waals surface area (Å²) in [5.41, 5.74) is 0.914. The van der Waals surface area contributed by atoms with Gasteiger partial charge in [0.05, 0.1) is 17.8 Å². The summed E-state index contributed by atoms with van der Waals surface area (Å²) in [5.74, 6) is -1.07. The minimum atomic E-state index is -0.554. The zero-order valence-corrected chi connectivity index (χ0v) is 11.7. The van der Waals surface area contributed by atoms with Crippen molar-refractivity contribution in [1.29, 1.82) is 0 Å². The molecule has 4 nitrogen and oxygen atoms in total. The maximum atomic E-state index is 12.0. The number of carbonyl (C=O) groups excluding carboxylic acids is 2. The molecule has 0 bridgehead atoms. The first-order valence-electron chi connectivity index (χ1n) is 5.32. The number of fused-ring (bicyclic) bond motifs is 1. The van der Waals surface area contributed by atoms with Crippen molar-refractivity contribution < 1.29 is 9.59 Å². The summed E-state index contributed by atoms with van der Waals surface area (Å²) in [7, 11) is 0. The van der Waals surface area contributed by atoms with Crippen LogP contribution in [0.5, 0.6) is 0 Å². The summed E-state index contributed by atoms with van der Waals surface area (Å²) in [6.07, 6.45) is 1.59. The molecule has 0 fully saturated rings. The number of thiazole rings is 1. The van der Waals surface area contributed by atoms with Gasteiger partial charge in [-0.1, -0.05) is 23.2 Å². The van der Waals surface area contributed by atoms with Crippen LogP contribution in [-0.2, 0) is 11.3 Å². The van der Waals surface area contributed by atoms with Gasteiger partial charge >= 0.3 is 0 Å². The summed E-state index contributed by atoms with van der Waals surface area (Å²) >= 11 is 12.9. The summed E-state index contributed by atoms with van der Waals surface area (Å²) in [6.45, 7) is 0.266. The van der Waals surface area contributed by atoms with Gasteiger partial charge in [0.2, 0.25) is 0 Å². The summed E-state index contributed by atoms with van der Waals surface area (Å²) in [4.78, 5) is 29.9. The van der Waals surface area contributed by atoms with Crippen LogP contribution in [-0.4, -0.2) is 16.7 Å². The van der Waals surface area contributed by atoms with Gasteiger partial charge in [-0.25, -0.2) is 4.98 Å². The van der Waals surface area contributed by atoms with Crippen molar-refractivity contribution in [2.75, 3.05) is 4.90 Å². The molecule has 1 aromatic heterocycles. The predicted octanol–water partition coefficient (Wildman–Crippen LogP) is 3.18. The molecule has 3 rings (SSSR count). The third-order valence-electron chi connectivity index (χ3n) is 2.77. The van der Waals surface area contributed by atoms with E-state index in [-0.39, 0.29) is 6.54 Å². The van der Waals surface area contributed by atoms with Crippen LogP contribution in [0.25, 0.3) is 0 Å². The van der Waals surface area contributed by atoms with E-state index in [1.807, 2.05) is 0 Å². The number of aromatic nitrogens is 1. The molecule has 0 spiro atoms. The Hall–Kier alpha value is -1.43. The number of rotatable bonds is 2. The summed E-state index contributed by atoms with van der Waals surface area (Å²) in [5, 5.41) is 0.480. The van der Waals surface area contributed by atoms with Gasteiger partial charge in [0.25, 0.3) is 11.7 Å². The highest BCUT2D eigenvalue weighted by atomic mass is 35.5. The van der Waals surface area contributed by atoms with E-state index in [1.165, 1.54) is 16.2 Å². The van der Waals surface area contributed by atoms with E-state index >= 15 is 0 Å². The van der Waals surface area contributed by atoms with E-state index in [1.54, 1.807) is 24.4 Å². The number of halogens is 2. The topological polar surface area (TPSA) is 50.3 Å². The highest BCUT2D eigenvalue weighted by Crippen LogP contribution is 2.33. The molecule has 1 amide bonds. The van der Waals surface area contributed by atoms with Gasteiger partial charge < -0.3 is 0 Å². The molecule has 2 aromatic rings. The van der Waals surface area contributed by atoms with Gasteiger partial charge in [0, 0.05) is 16.1 Å². The molecule has 0 saturated carbocycles. The molecule has 0 aliphatic carbocycles. The zero-order valence-electron chi connectivity index (χ0n) is 9.39. The molecule has 0 N–H and O–H groups in total. The van der Waals surface area contributed by atoms with Gasteiger partial charge in [-0.15, -0.1) is 11.3 Å². The van der Waals surface area contributed by atoms with E-state index < -0.39 is 11.7 Å². The molecule has 0 radical (unpaired) electrons. The van der Waals surface area contributed by atoms with E-state index in [9.17, 15) is 9.59 Å². The summed E-state index contributed by atoms with van der Waals surface area (Å²) in [6, 6.07) is 4.78. The third kappa shape index (κ3) is 2.14. The minimum absolute atomic E-state index is 0.266. The van der Waals surface area contributed by atoms with Crippen molar-refractivity contribution >= 4 is 51.9 Å². The predicted molar refractivity (Wildman–Crippen MR) is 74.1 cm³/mol. The Labute approximate surface area is 122 Å². The van der Waals surface area contributed by atoms with Gasteiger partial charge in [-0.05, 0) is 18.2 Å². The van der Waals surface area contributed by atoms with Crippen LogP contribution in [0.4, 0.5) is 5.69 Å². The second-order valence-electron chi connectivity index (χ2n) is 3.96. The average Bonchev–Trinajstić information content (AvgIpc) is 2.88. The van der Waals surface area contributed by atoms with E-state index in [0.29, 0.717) is 20.7 Å². The largest absolute Gasteiger partial charge is 0.299 e. The Morgan fingerprint density at radius 1 is 1.26 bits per heavy atom. The quantitative estimate of drug-likeness (QED) is 0.800. The molecule has 19 heavy (non-hydrogen) atoms. The first-order valence-corrected chi connectivity index (χ1v) is 6.89. The lowest BCUT2D eigenvalue weighted by atomic mass is 10.1. The van der Waals surface area contributed by atoms with Gasteiger partial charge in [0.1, 0.15) is 0 Å². The van der Waals surface area contributed by atoms with Crippen LogP contribution in [0.3, 0.4) is 0 Å². The zero-order chi connectivity index (χ0) is 13.6. The number of hydrogen-bond acceptors (Lipinski definition) is 4. The Morgan fingerprint density at radius 2 is 2.05 bits per heavy atom. The van der Waals surface area contributed by atoms with Gasteiger partial charge in [-0.2, -0.15) is 0 Å². The standard InChI is InChI=1S/C12H6Cl2N2O2S/c13-6-1-2-8-9(3-6)16(11(18)10(8)17)5-7-4-15-12(14)19-7/h1-4H,5H2. The van der Waals surface area contributed by atoms with Crippen molar-refractivity contribution in [1.82, 2.24) is 4.98 Å². The monoisotopic (exact) mass is 312 g/mol. The van der Waals surface area contributed by atoms with Crippen molar-refractivity contribution in [3.63, 3.8) is 0 Å². The molecular formula is C12H6Cl2N2O2S. The van der Waals surface area contributed by atoms with Crippen LogP contribution in [0.2, 0.25) is 9.49 Å². The van der Waals surface area contributed by atoms with Gasteiger partial charge in [-0.3, -0.25) is 14.5 Å². The number of Topliss-reactive ketones (excluding diaryl/α,β-unsaturated/α-hetero) is 1. The molecule has 1 aliphatic rings. The van der Waals surface area contributed by atoms with Crippen LogP contribution in [0, 0.1) is 0 Å². The number of anilines is 1. The SMILES string of the molecule is O=C1C(=O)N(Cc2cnc(Cl)s2)c2cc(Cl)ccc21. The second-order valence-corrected chi connectivity index (χ2v) is 6.10. The molecule has 0 atom stereocenters. The first kappa shape index (κ1) is 12.6. The van der Waals surface area contributed by atoms with Crippen LogP contribution in [0.1, 0.15) is 15.2 Å². The van der Waals surface area contributed by atoms with Crippen molar-refractivity contribution in [3.05, 3.63) is 44.3 Å². The fraction of sp³-hybridized carbons (Fsp3) is 0.0833. The Balaban J connectivity index is 2.01. The van der Waals surface area contributed by atoms with Crippen molar-refractivity contribution in [3.8, 4) is 0 Å². The minimum Gasteiger partial charge on any atom is -0.299 e. The molecule has 0 saturated heterocycles. The molecule has 0 unspecified atom stereocenters. The number of hydrogen-bond donors (Lipinski definition) is 0. The number of benzene rings is 1. The number of amides is 1. The Morgan fingerprint density at radius 3 is 2.74 bits per heavy atom. The van der Waals surface area contributed by atoms with Crippen molar-refractivity contribution in [2.24, 2.45) is 0 Å². The fourth-order valence-electron chi connectivity index (χ4n) is 1.94. The second kappa shape index (κ2) is 4.59. The highest BCUT2D eigenvalue weighted by molar-refractivity contribution is 7.15. The van der Waals surface area contributed by atoms with Crippen LogP contribution < -0.4 is 4.90 Å². The number of ketones is 1. The number of nitrogens with zero attached hydrogens (tertiary/aromatic N) is 2. The van der Waals surface area contributed by atoms with E-state index in [2.05, 4.69) is 4.98 Å². The molecule has 7 heteroatoms. The lowest BCUT2D eigenvalue weighted by Gasteiger charge is -2.15. The molecule has 2 heterocycles. The molecule has 96 valence electrons. The van der Waals surface area contributed by atoms with Gasteiger partial charge in [0.15, 0.2) is 4.47 Å². The smallest absolute Gasteiger partial charge is 0.299 e. The lowest BCUT2D eigenvalue weighted by molar-refractivity contribution is -0.114. The molecule has 1 aromatic carbocycles. The third-order valence-corrected chi connectivity index (χ3v) is 4.11. The van der Waals surface area contributed by atoms with Crippen LogP contribution in [0.15, 0.2) is 24.4 Å². The van der Waals surface area contributed by atoms with E-state index in [0.717, 1.165) is 4.88 Å². The fourth-order valence-corrected chi connectivity index (χ4v) is 3.07. The Bertz CT molecular complexity index is 699. The molecule has 1 aliphatic heterocycles. The highest BCUT2D eigenvalue weighted by Gasteiger charge is 2.36. The van der Waals surface area contributed by atoms with Crippen LogP contribution >= 0.6 is 34.5 Å². The van der Waals surface area contributed by atoms with E-state index in [4.69, 9.17) is 23.2 Å². The normalized spacial score (nSPS) is 14.1. The average molecular weight is 313 g/mol. The Kier molecular flexibility index (Phi) is 3.05. The molecular weight excluding hydrogens is 307 g/mol.